The third kappa shape index (κ3) is 5.68. The Morgan fingerprint density at radius 2 is 0.968 bits per heavy atom. The van der Waals surface area contributed by atoms with Crippen LogP contribution in [0.4, 0.5) is 0 Å². The molecule has 12 rings (SSSR count). The standard InChI is InChI=1S/C56H40N3O3/c1-36-17-16-29-50(58-45-24-10-6-20-40(45)41-21-7-11-25-46(41)58)55(36)61-39-33-37(2)56(51(34-39)59-47-26-12-8-22-42(47)43-23-9-13-27-48(43)59)62-53-31-30-52(60-38-18-4-3-5-19-38)44-35-57-32-15-14-28-49(57)54(44)53/h3-34H,35H2,1-2H3/q+1. The summed E-state index contributed by atoms with van der Waals surface area (Å²) >= 11 is 0. The number of rotatable bonds is 8. The molecule has 0 fully saturated rings. The van der Waals surface area contributed by atoms with Crippen molar-refractivity contribution in [2.24, 2.45) is 0 Å². The van der Waals surface area contributed by atoms with Crippen molar-refractivity contribution < 1.29 is 18.8 Å². The first-order chi connectivity index (χ1) is 30.6. The van der Waals surface area contributed by atoms with E-state index in [1.165, 1.54) is 21.5 Å². The second kappa shape index (κ2) is 14.3. The molecule has 0 saturated carbocycles. The molecule has 3 aromatic heterocycles. The Kier molecular flexibility index (Phi) is 8.25. The maximum Gasteiger partial charge on any atom is 0.217 e. The number of pyridine rings is 1. The summed E-state index contributed by atoms with van der Waals surface area (Å²) in [5, 5.41) is 4.74. The van der Waals surface area contributed by atoms with E-state index in [1.807, 2.05) is 42.5 Å². The number of benzene rings is 8. The van der Waals surface area contributed by atoms with Gasteiger partial charge in [0.15, 0.2) is 24.2 Å². The van der Waals surface area contributed by atoms with Gasteiger partial charge in [-0.15, -0.1) is 0 Å². The van der Waals surface area contributed by atoms with Crippen LogP contribution in [0.1, 0.15) is 16.7 Å². The fourth-order valence-electron chi connectivity index (χ4n) is 9.47. The van der Waals surface area contributed by atoms with Crippen LogP contribution in [0.15, 0.2) is 194 Å². The predicted octanol–water partition coefficient (Wildman–Crippen LogP) is 14.2. The van der Waals surface area contributed by atoms with E-state index in [4.69, 9.17) is 14.2 Å². The highest BCUT2D eigenvalue weighted by Crippen LogP contribution is 2.48. The second-order valence-corrected chi connectivity index (χ2v) is 16.0. The minimum Gasteiger partial charge on any atom is -0.457 e. The van der Waals surface area contributed by atoms with Crippen LogP contribution in [0.25, 0.3) is 66.2 Å². The van der Waals surface area contributed by atoms with Gasteiger partial charge in [-0.05, 0) is 91.7 Å². The van der Waals surface area contributed by atoms with Crippen molar-refractivity contribution in [3.05, 3.63) is 211 Å². The fourth-order valence-corrected chi connectivity index (χ4v) is 9.47. The lowest BCUT2D eigenvalue weighted by Gasteiger charge is -2.21. The summed E-state index contributed by atoms with van der Waals surface area (Å²) in [6, 6.07) is 65.3. The van der Waals surface area contributed by atoms with Gasteiger partial charge in [-0.2, -0.15) is 4.57 Å². The summed E-state index contributed by atoms with van der Waals surface area (Å²) in [6.07, 6.45) is 2.12. The van der Waals surface area contributed by atoms with E-state index in [2.05, 4.69) is 179 Å². The maximum atomic E-state index is 7.33. The van der Waals surface area contributed by atoms with Crippen molar-refractivity contribution in [2.75, 3.05) is 0 Å². The third-order valence-corrected chi connectivity index (χ3v) is 12.2. The minimum atomic E-state index is 0.668. The largest absolute Gasteiger partial charge is 0.457 e. The molecule has 6 heteroatoms. The van der Waals surface area contributed by atoms with Crippen LogP contribution in [0.5, 0.6) is 34.5 Å². The van der Waals surface area contributed by atoms with Crippen molar-refractivity contribution in [3.63, 3.8) is 0 Å². The number of para-hydroxylation sites is 6. The van der Waals surface area contributed by atoms with Crippen molar-refractivity contribution in [1.82, 2.24) is 9.13 Å². The van der Waals surface area contributed by atoms with Crippen molar-refractivity contribution in [2.45, 2.75) is 20.4 Å². The van der Waals surface area contributed by atoms with E-state index in [9.17, 15) is 0 Å². The van der Waals surface area contributed by atoms with Gasteiger partial charge >= 0.3 is 0 Å². The van der Waals surface area contributed by atoms with Crippen LogP contribution in [0.2, 0.25) is 0 Å². The zero-order chi connectivity index (χ0) is 41.3. The van der Waals surface area contributed by atoms with Crippen LogP contribution in [0.3, 0.4) is 0 Å². The van der Waals surface area contributed by atoms with Crippen LogP contribution in [0, 0.1) is 13.8 Å². The van der Waals surface area contributed by atoms with E-state index in [1.54, 1.807) is 0 Å². The second-order valence-electron chi connectivity index (χ2n) is 16.0. The monoisotopic (exact) mass is 802 g/mol. The number of nitrogens with zero attached hydrogens (tertiary/aromatic N) is 3. The maximum absolute atomic E-state index is 7.33. The summed E-state index contributed by atoms with van der Waals surface area (Å²) in [7, 11) is 0. The van der Waals surface area contributed by atoms with Crippen LogP contribution < -0.4 is 18.8 Å². The molecule has 1 aliphatic heterocycles. The zero-order valence-electron chi connectivity index (χ0n) is 34.2. The first kappa shape index (κ1) is 35.8. The zero-order valence-corrected chi connectivity index (χ0v) is 34.2. The molecule has 0 bridgehead atoms. The molecule has 296 valence electrons. The molecule has 0 N–H and O–H groups in total. The Morgan fingerprint density at radius 1 is 0.419 bits per heavy atom. The van der Waals surface area contributed by atoms with Gasteiger partial charge in [-0.25, -0.2) is 0 Å². The number of aryl methyl sites for hydroxylation is 2. The SMILES string of the molecule is Cc1cccc(-n2c3ccccc3c3ccccc32)c1Oc1cc(C)c(Oc2ccc(Oc3ccccc3)c3c2-c2cccc[n+]2C3)c(-n2c3ccccc3c3ccccc32)c1. The van der Waals surface area contributed by atoms with Gasteiger partial charge in [0.2, 0.25) is 5.69 Å². The Bertz CT molecular complexity index is 3460. The van der Waals surface area contributed by atoms with E-state index < -0.39 is 0 Å². The first-order valence-electron chi connectivity index (χ1n) is 21.0. The quantitative estimate of drug-likeness (QED) is 0.144. The molecule has 0 unspecified atom stereocenters. The molecule has 0 saturated heterocycles. The van der Waals surface area contributed by atoms with Gasteiger partial charge in [0.25, 0.3) is 0 Å². The number of fused-ring (bicyclic) bond motifs is 9. The lowest BCUT2D eigenvalue weighted by atomic mass is 10.0. The number of hydrogen-bond donors (Lipinski definition) is 0. The lowest BCUT2D eigenvalue weighted by Crippen LogP contribution is -2.31. The van der Waals surface area contributed by atoms with Crippen LogP contribution in [-0.4, -0.2) is 9.13 Å². The first-order valence-corrected chi connectivity index (χ1v) is 21.0. The van der Waals surface area contributed by atoms with Gasteiger partial charge in [0.1, 0.15) is 28.6 Å². The summed E-state index contributed by atoms with van der Waals surface area (Å²) in [5.41, 5.74) is 11.4. The predicted molar refractivity (Wildman–Crippen MR) is 249 cm³/mol. The smallest absolute Gasteiger partial charge is 0.217 e. The molecule has 0 spiro atoms. The Hall–Kier alpha value is -8.09. The summed E-state index contributed by atoms with van der Waals surface area (Å²) in [4.78, 5) is 0. The molecule has 6 nitrogen and oxygen atoms in total. The van der Waals surface area contributed by atoms with Gasteiger partial charge in [-0.1, -0.05) is 103 Å². The van der Waals surface area contributed by atoms with Crippen LogP contribution >= 0.6 is 0 Å². The average molecular weight is 803 g/mol. The topological polar surface area (TPSA) is 41.4 Å². The summed E-state index contributed by atoms with van der Waals surface area (Å²) in [6.45, 7) is 4.90. The molecule has 0 radical (unpaired) electrons. The fraction of sp³-hybridized carbons (Fsp3) is 0.0536. The highest BCUT2D eigenvalue weighted by molar-refractivity contribution is 6.10. The van der Waals surface area contributed by atoms with Gasteiger partial charge < -0.3 is 23.3 Å². The Balaban J connectivity index is 1.06. The average Bonchev–Trinajstić information content (AvgIpc) is 3.98. The van der Waals surface area contributed by atoms with Crippen molar-refractivity contribution in [3.8, 4) is 57.1 Å². The molecule has 0 aliphatic carbocycles. The number of ether oxygens (including phenoxy) is 3. The van der Waals surface area contributed by atoms with Gasteiger partial charge in [-0.3, -0.25) is 0 Å². The van der Waals surface area contributed by atoms with E-state index >= 15 is 0 Å². The van der Waals surface area contributed by atoms with Crippen molar-refractivity contribution >= 4 is 43.6 Å². The van der Waals surface area contributed by atoms with Gasteiger partial charge in [0.05, 0.1) is 39.0 Å². The summed E-state index contributed by atoms with van der Waals surface area (Å²) < 4.78 is 28.0. The molecule has 62 heavy (non-hydrogen) atoms. The molecular weight excluding hydrogens is 763 g/mol. The number of hydrogen-bond acceptors (Lipinski definition) is 3. The molecule has 0 atom stereocenters. The Labute approximate surface area is 358 Å². The lowest BCUT2D eigenvalue weighted by molar-refractivity contribution is -0.672. The van der Waals surface area contributed by atoms with Crippen molar-refractivity contribution in [1.29, 1.82) is 0 Å². The van der Waals surface area contributed by atoms with E-state index in [-0.39, 0.29) is 0 Å². The minimum absolute atomic E-state index is 0.668. The third-order valence-electron chi connectivity index (χ3n) is 12.2. The molecule has 4 heterocycles. The normalized spacial score (nSPS) is 12.0. The molecular formula is C56H40N3O3+. The van der Waals surface area contributed by atoms with E-state index in [0.29, 0.717) is 12.3 Å². The van der Waals surface area contributed by atoms with Crippen LogP contribution in [-0.2, 0) is 6.54 Å². The molecule has 8 aromatic carbocycles. The van der Waals surface area contributed by atoms with E-state index in [0.717, 1.165) is 90.1 Å². The highest BCUT2D eigenvalue weighted by atomic mass is 16.5. The molecule has 1 aliphatic rings. The van der Waals surface area contributed by atoms with Gasteiger partial charge in [0, 0.05) is 39.7 Å². The Morgan fingerprint density at radius 3 is 1.61 bits per heavy atom. The summed E-state index contributed by atoms with van der Waals surface area (Å²) in [5.74, 6) is 4.59. The molecule has 0 amide bonds. The molecule has 11 aromatic rings. The number of aromatic nitrogens is 3. The highest BCUT2D eigenvalue weighted by Gasteiger charge is 2.34.